The van der Waals surface area contributed by atoms with Gasteiger partial charge in [-0.25, -0.2) is 9.78 Å². The summed E-state index contributed by atoms with van der Waals surface area (Å²) >= 11 is 0. The van der Waals surface area contributed by atoms with Crippen molar-refractivity contribution in [3.63, 3.8) is 0 Å². The molecule has 2 heterocycles. The first-order valence-electron chi connectivity index (χ1n) is 9.54. The number of piperidine rings is 1. The number of nitrogens with zero attached hydrogens (tertiary/aromatic N) is 3. The lowest BCUT2D eigenvalue weighted by Crippen LogP contribution is -2.40. The number of hydrogen-bond donors (Lipinski definition) is 0. The molecule has 1 atom stereocenters. The van der Waals surface area contributed by atoms with E-state index in [1.165, 1.54) is 0 Å². The molecule has 0 saturated carbocycles. The van der Waals surface area contributed by atoms with Gasteiger partial charge in [-0.05, 0) is 52.5 Å². The van der Waals surface area contributed by atoms with Gasteiger partial charge in [-0.2, -0.15) is 0 Å². The van der Waals surface area contributed by atoms with Gasteiger partial charge in [0, 0.05) is 24.8 Å². The van der Waals surface area contributed by atoms with Crippen LogP contribution in [0.5, 0.6) is 0 Å². The van der Waals surface area contributed by atoms with Crippen LogP contribution in [0.1, 0.15) is 71.4 Å². The van der Waals surface area contributed by atoms with E-state index in [-0.39, 0.29) is 12.1 Å². The molecule has 1 fully saturated rings. The highest BCUT2D eigenvalue weighted by molar-refractivity contribution is 5.87. The minimum Gasteiger partial charge on any atom is -0.443 e. The fourth-order valence-corrected chi connectivity index (χ4v) is 3.23. The number of anilines is 1. The molecule has 0 spiro atoms. The summed E-state index contributed by atoms with van der Waals surface area (Å²) in [5.74, 6) is 0.606. The number of rotatable bonds is 6. The largest absolute Gasteiger partial charge is 0.443 e. The third-order valence-corrected chi connectivity index (χ3v) is 4.46. The van der Waals surface area contributed by atoms with Crippen LogP contribution in [0.4, 0.5) is 10.6 Å². The summed E-state index contributed by atoms with van der Waals surface area (Å²) in [6.07, 6.45) is 6.98. The standard InChI is InChI=1S/C20H31N3O3/c1-5-6-14-23(19(25)26-20(2,3)4)18-16(10-9-12-21-18)17-11-7-8-13-22(17)15-24/h9-10,12,15,17H,5-8,11,13-14H2,1-4H3/t17-/m0/s1. The first kappa shape index (κ1) is 20.2. The summed E-state index contributed by atoms with van der Waals surface area (Å²) < 4.78 is 5.61. The molecule has 1 saturated heterocycles. The van der Waals surface area contributed by atoms with E-state index in [4.69, 9.17) is 4.74 Å². The van der Waals surface area contributed by atoms with Crippen LogP contribution >= 0.6 is 0 Å². The van der Waals surface area contributed by atoms with E-state index in [9.17, 15) is 9.59 Å². The Morgan fingerprint density at radius 1 is 1.42 bits per heavy atom. The Morgan fingerprint density at radius 3 is 2.85 bits per heavy atom. The number of amides is 2. The number of ether oxygens (including phenoxy) is 1. The fourth-order valence-electron chi connectivity index (χ4n) is 3.23. The number of aromatic nitrogens is 1. The molecule has 6 nitrogen and oxygen atoms in total. The van der Waals surface area contributed by atoms with Crippen molar-refractivity contribution in [1.29, 1.82) is 0 Å². The van der Waals surface area contributed by atoms with Crippen molar-refractivity contribution in [2.45, 2.75) is 71.4 Å². The van der Waals surface area contributed by atoms with Crippen LogP contribution in [0.15, 0.2) is 18.3 Å². The molecular weight excluding hydrogens is 330 g/mol. The highest BCUT2D eigenvalue weighted by Gasteiger charge is 2.30. The maximum Gasteiger partial charge on any atom is 0.416 e. The quantitative estimate of drug-likeness (QED) is 0.709. The fraction of sp³-hybridized carbons (Fsp3) is 0.650. The van der Waals surface area contributed by atoms with E-state index >= 15 is 0 Å². The van der Waals surface area contributed by atoms with E-state index in [1.54, 1.807) is 11.1 Å². The van der Waals surface area contributed by atoms with Gasteiger partial charge in [-0.1, -0.05) is 19.4 Å². The number of hydrogen-bond acceptors (Lipinski definition) is 4. The highest BCUT2D eigenvalue weighted by Crippen LogP contribution is 2.35. The third kappa shape index (κ3) is 5.19. The summed E-state index contributed by atoms with van der Waals surface area (Å²) in [4.78, 5) is 32.3. The average Bonchev–Trinajstić information content (AvgIpc) is 2.61. The summed E-state index contributed by atoms with van der Waals surface area (Å²) in [5, 5.41) is 0. The molecule has 0 unspecified atom stereocenters. The van der Waals surface area contributed by atoms with Crippen molar-refractivity contribution in [2.24, 2.45) is 0 Å². The molecule has 2 amide bonds. The van der Waals surface area contributed by atoms with Gasteiger partial charge in [0.2, 0.25) is 6.41 Å². The van der Waals surface area contributed by atoms with E-state index in [2.05, 4.69) is 11.9 Å². The Kier molecular flexibility index (Phi) is 7.00. The molecule has 26 heavy (non-hydrogen) atoms. The average molecular weight is 361 g/mol. The van der Waals surface area contributed by atoms with Gasteiger partial charge in [0.05, 0.1) is 6.04 Å². The van der Waals surface area contributed by atoms with E-state index < -0.39 is 5.60 Å². The van der Waals surface area contributed by atoms with Gasteiger partial charge in [-0.15, -0.1) is 0 Å². The zero-order chi connectivity index (χ0) is 19.2. The molecule has 0 bridgehead atoms. The topological polar surface area (TPSA) is 62.7 Å². The lowest BCUT2D eigenvalue weighted by atomic mass is 9.96. The molecule has 0 aliphatic carbocycles. The zero-order valence-electron chi connectivity index (χ0n) is 16.4. The van der Waals surface area contributed by atoms with Crippen LogP contribution in [-0.4, -0.2) is 41.1 Å². The van der Waals surface area contributed by atoms with Crippen molar-refractivity contribution >= 4 is 18.3 Å². The maximum atomic E-state index is 12.8. The Balaban J connectivity index is 2.38. The minimum atomic E-state index is -0.573. The SMILES string of the molecule is CCCCN(C(=O)OC(C)(C)C)c1ncccc1[C@@H]1CCCCN1C=O. The Morgan fingerprint density at radius 2 is 2.19 bits per heavy atom. The van der Waals surface area contributed by atoms with Crippen LogP contribution in [0.3, 0.4) is 0 Å². The number of carbonyl (C=O) groups excluding carboxylic acids is 2. The Hall–Kier alpha value is -2.11. The lowest BCUT2D eigenvalue weighted by Gasteiger charge is -2.35. The zero-order valence-corrected chi connectivity index (χ0v) is 16.4. The van der Waals surface area contributed by atoms with Gasteiger partial charge in [0.15, 0.2) is 0 Å². The predicted molar refractivity (Wildman–Crippen MR) is 102 cm³/mol. The summed E-state index contributed by atoms with van der Waals surface area (Å²) in [6, 6.07) is 3.79. The lowest BCUT2D eigenvalue weighted by molar-refractivity contribution is -0.121. The second-order valence-corrected chi connectivity index (χ2v) is 7.76. The number of carbonyl (C=O) groups is 2. The monoisotopic (exact) mass is 361 g/mol. The van der Waals surface area contributed by atoms with E-state index in [1.807, 2.05) is 37.8 Å². The smallest absolute Gasteiger partial charge is 0.416 e. The van der Waals surface area contributed by atoms with Crippen LogP contribution in [0, 0.1) is 0 Å². The first-order chi connectivity index (χ1) is 12.4. The summed E-state index contributed by atoms with van der Waals surface area (Å²) in [6.45, 7) is 8.95. The normalized spacial score (nSPS) is 17.7. The number of pyridine rings is 1. The number of likely N-dealkylation sites (tertiary alicyclic amines) is 1. The maximum absolute atomic E-state index is 12.8. The van der Waals surface area contributed by atoms with Gasteiger partial charge in [0.1, 0.15) is 11.4 Å². The van der Waals surface area contributed by atoms with Crippen LogP contribution in [0.2, 0.25) is 0 Å². The van der Waals surface area contributed by atoms with Gasteiger partial charge in [0.25, 0.3) is 0 Å². The highest BCUT2D eigenvalue weighted by atomic mass is 16.6. The Labute approximate surface area is 156 Å². The second-order valence-electron chi connectivity index (χ2n) is 7.76. The van der Waals surface area contributed by atoms with Gasteiger partial charge >= 0.3 is 6.09 Å². The van der Waals surface area contributed by atoms with Crippen LogP contribution < -0.4 is 4.90 Å². The van der Waals surface area contributed by atoms with Gasteiger partial charge < -0.3 is 9.64 Å². The van der Waals surface area contributed by atoms with Crippen molar-refractivity contribution in [3.8, 4) is 0 Å². The molecule has 1 aliphatic heterocycles. The molecule has 1 aliphatic rings. The Bertz CT molecular complexity index is 613. The summed E-state index contributed by atoms with van der Waals surface area (Å²) in [5.41, 5.74) is 0.345. The molecule has 0 radical (unpaired) electrons. The molecule has 6 heteroatoms. The van der Waals surface area contributed by atoms with E-state index in [0.717, 1.165) is 50.6 Å². The van der Waals surface area contributed by atoms with Gasteiger partial charge in [-0.3, -0.25) is 9.69 Å². The predicted octanol–water partition coefficient (Wildman–Crippen LogP) is 4.31. The van der Waals surface area contributed by atoms with E-state index in [0.29, 0.717) is 12.4 Å². The third-order valence-electron chi connectivity index (χ3n) is 4.46. The van der Waals surface area contributed by atoms with Crippen LogP contribution in [0.25, 0.3) is 0 Å². The van der Waals surface area contributed by atoms with Crippen molar-refractivity contribution in [3.05, 3.63) is 23.9 Å². The molecule has 144 valence electrons. The number of unbranched alkanes of at least 4 members (excludes halogenated alkanes) is 1. The molecule has 0 N–H and O–H groups in total. The van der Waals surface area contributed by atoms with Crippen LogP contribution in [-0.2, 0) is 9.53 Å². The van der Waals surface area contributed by atoms with Crippen molar-refractivity contribution in [1.82, 2.24) is 9.88 Å². The second kappa shape index (κ2) is 9.01. The molecule has 0 aromatic carbocycles. The molecule has 2 rings (SSSR count). The molecule has 1 aromatic rings. The summed E-state index contributed by atoms with van der Waals surface area (Å²) in [7, 11) is 0. The van der Waals surface area contributed by atoms with Crippen molar-refractivity contribution < 1.29 is 14.3 Å². The first-order valence-corrected chi connectivity index (χ1v) is 9.54. The van der Waals surface area contributed by atoms with Crippen molar-refractivity contribution in [2.75, 3.05) is 18.0 Å². The minimum absolute atomic E-state index is 0.0449. The molecular formula is C20H31N3O3. The molecule has 1 aromatic heterocycles.